The third kappa shape index (κ3) is 8.13. The number of carbonyl (C=O) groups excluding carboxylic acids is 3. The van der Waals surface area contributed by atoms with Crippen LogP contribution in [0.4, 0.5) is 8.78 Å². The molecule has 4 N–H and O–H groups in total. The van der Waals surface area contributed by atoms with Crippen LogP contribution in [0.15, 0.2) is 63.9 Å². The van der Waals surface area contributed by atoms with Gasteiger partial charge in [0.05, 0.1) is 0 Å². The third-order valence-corrected chi connectivity index (χ3v) is 7.47. The van der Waals surface area contributed by atoms with Gasteiger partial charge >= 0.3 is 5.76 Å². The first-order valence-electron chi connectivity index (χ1n) is 14.1. The first kappa shape index (κ1) is 31.5. The maximum Gasteiger partial charge on any atom is 0.439 e. The zero-order valence-corrected chi connectivity index (χ0v) is 23.8. The van der Waals surface area contributed by atoms with Crippen molar-refractivity contribution in [3.8, 4) is 11.4 Å². The average molecular weight is 600 g/mol. The molecule has 2 aromatic carbocycles. The highest BCUT2D eigenvalue weighted by Gasteiger charge is 2.43. The number of H-pyrrole nitrogens is 1. The molecule has 2 heterocycles. The molecule has 3 amide bonds. The number of alkyl halides is 2. The highest BCUT2D eigenvalue weighted by atomic mass is 19.3. The Morgan fingerprint density at radius 3 is 2.42 bits per heavy atom. The van der Waals surface area contributed by atoms with Crippen LogP contribution in [0.1, 0.15) is 43.7 Å². The highest BCUT2D eigenvalue weighted by Crippen LogP contribution is 2.33. The second-order valence-corrected chi connectivity index (χ2v) is 10.9. The lowest BCUT2D eigenvalue weighted by molar-refractivity contribution is -0.147. The molecule has 1 unspecified atom stereocenters. The summed E-state index contributed by atoms with van der Waals surface area (Å²) in [6.07, 6.45) is -4.52. The number of nitrogens with one attached hydrogen (secondary N) is 3. The summed E-state index contributed by atoms with van der Waals surface area (Å²) in [5.74, 6) is -3.14. The summed E-state index contributed by atoms with van der Waals surface area (Å²) in [6.45, 7) is 3.64. The van der Waals surface area contributed by atoms with E-state index >= 15 is 0 Å². The van der Waals surface area contributed by atoms with E-state index in [4.69, 9.17) is 0 Å². The third-order valence-electron chi connectivity index (χ3n) is 7.47. The summed E-state index contributed by atoms with van der Waals surface area (Å²) in [7, 11) is 0. The quantitative estimate of drug-likeness (QED) is 0.249. The van der Waals surface area contributed by atoms with Gasteiger partial charge in [-0.15, -0.1) is 0 Å². The molecule has 0 bridgehead atoms. The molecular formula is C30H35F2N5O6. The number of benzene rings is 2. The number of nitrogens with zero attached hydrogens (tertiary/aromatic N) is 2. The minimum Gasteiger partial charge on any atom is -0.383 e. The summed E-state index contributed by atoms with van der Waals surface area (Å²) in [5.41, 5.74) is 2.34. The molecule has 4 atom stereocenters. The van der Waals surface area contributed by atoms with Crippen molar-refractivity contribution in [1.82, 2.24) is 25.7 Å². The highest BCUT2D eigenvalue weighted by molar-refractivity contribution is 5.93. The van der Waals surface area contributed by atoms with Gasteiger partial charge in [-0.2, -0.15) is 0 Å². The molecule has 0 spiro atoms. The van der Waals surface area contributed by atoms with Gasteiger partial charge in [-0.25, -0.2) is 13.6 Å². The fourth-order valence-corrected chi connectivity index (χ4v) is 5.06. The van der Waals surface area contributed by atoms with E-state index in [0.717, 1.165) is 11.1 Å². The minimum absolute atomic E-state index is 0.110. The molecule has 43 heavy (non-hydrogen) atoms. The first-order chi connectivity index (χ1) is 20.5. The predicted octanol–water partition coefficient (Wildman–Crippen LogP) is 2.23. The van der Waals surface area contributed by atoms with Crippen molar-refractivity contribution in [3.63, 3.8) is 0 Å². The van der Waals surface area contributed by atoms with Crippen LogP contribution < -0.4 is 16.4 Å². The van der Waals surface area contributed by atoms with Crippen LogP contribution in [0, 0.1) is 5.92 Å². The van der Waals surface area contributed by atoms with Gasteiger partial charge in [0.1, 0.15) is 18.2 Å². The van der Waals surface area contributed by atoms with Gasteiger partial charge in [0.2, 0.25) is 18.2 Å². The molecule has 0 saturated carbocycles. The fourth-order valence-electron chi connectivity index (χ4n) is 5.06. The Labute approximate surface area is 246 Å². The molecular weight excluding hydrogens is 564 g/mol. The Balaban J connectivity index is 1.40. The van der Waals surface area contributed by atoms with Gasteiger partial charge in [-0.3, -0.25) is 23.9 Å². The van der Waals surface area contributed by atoms with E-state index in [1.807, 2.05) is 30.3 Å². The second kappa shape index (κ2) is 14.2. The normalized spacial score (nSPS) is 18.1. The smallest absolute Gasteiger partial charge is 0.383 e. The van der Waals surface area contributed by atoms with Gasteiger partial charge in [-0.05, 0) is 29.9 Å². The molecule has 1 aliphatic rings. The van der Waals surface area contributed by atoms with E-state index in [1.165, 1.54) is 4.90 Å². The van der Waals surface area contributed by atoms with Crippen molar-refractivity contribution in [2.75, 3.05) is 13.1 Å². The molecule has 1 saturated heterocycles. The second-order valence-electron chi connectivity index (χ2n) is 10.9. The van der Waals surface area contributed by atoms with E-state index in [1.54, 1.807) is 38.1 Å². The molecule has 3 aromatic rings. The number of aromatic nitrogens is 2. The van der Waals surface area contributed by atoms with Crippen molar-refractivity contribution in [2.24, 2.45) is 5.92 Å². The van der Waals surface area contributed by atoms with Crippen molar-refractivity contribution < 1.29 is 32.8 Å². The zero-order valence-electron chi connectivity index (χ0n) is 23.8. The van der Waals surface area contributed by atoms with E-state index in [-0.39, 0.29) is 31.3 Å². The van der Waals surface area contributed by atoms with Crippen LogP contribution in [0.2, 0.25) is 0 Å². The molecule has 1 aromatic heterocycles. The number of hydrogen-bond donors (Lipinski definition) is 4. The van der Waals surface area contributed by atoms with E-state index < -0.39 is 60.4 Å². The Bertz CT molecular complexity index is 1440. The molecule has 0 aliphatic carbocycles. The van der Waals surface area contributed by atoms with Gasteiger partial charge < -0.3 is 20.6 Å². The average Bonchev–Trinajstić information content (AvgIpc) is 3.63. The maximum absolute atomic E-state index is 13.5. The lowest BCUT2D eigenvalue weighted by atomic mass is 9.96. The van der Waals surface area contributed by atoms with Gasteiger partial charge in [0.15, 0.2) is 5.82 Å². The molecule has 11 nitrogen and oxygen atoms in total. The standard InChI is InChI=1S/C30H35F2N5O6/c1-17(2)25(38)29(41)37-16-21(19-6-4-3-5-7-19)14-23(37)28(40)34-22(15-24(31)32)27(39)33-13-12-18-8-10-20(11-9-18)26-35-30(42)43-36-26/h3-11,17,21-25,38H,12-16H2,1-2H3,(H,33,39)(H,34,40)(H,35,36,42)/t21-,22+,23?,25+/m1/s1. The van der Waals surface area contributed by atoms with Crippen molar-refractivity contribution in [2.45, 2.75) is 63.6 Å². The van der Waals surface area contributed by atoms with E-state index in [2.05, 4.69) is 25.3 Å². The van der Waals surface area contributed by atoms with Crippen molar-refractivity contribution >= 4 is 17.7 Å². The van der Waals surface area contributed by atoms with Gasteiger partial charge in [0, 0.05) is 31.0 Å². The van der Waals surface area contributed by atoms with Gasteiger partial charge in [-0.1, -0.05) is 73.6 Å². The Kier molecular flexibility index (Phi) is 10.4. The molecule has 13 heteroatoms. The molecule has 0 radical (unpaired) electrons. The van der Waals surface area contributed by atoms with Crippen LogP contribution in [-0.4, -0.2) is 75.6 Å². The van der Waals surface area contributed by atoms with Crippen molar-refractivity contribution in [1.29, 1.82) is 0 Å². The van der Waals surface area contributed by atoms with E-state index in [9.17, 15) is 33.1 Å². The summed E-state index contributed by atoms with van der Waals surface area (Å²) >= 11 is 0. The summed E-state index contributed by atoms with van der Waals surface area (Å²) in [5, 5.41) is 19.1. The summed E-state index contributed by atoms with van der Waals surface area (Å²) in [4.78, 5) is 54.4. The number of carbonyl (C=O) groups is 3. The number of halogens is 2. The number of aliphatic hydroxyl groups excluding tert-OH is 1. The largest absolute Gasteiger partial charge is 0.439 e. The number of likely N-dealkylation sites (tertiary alicyclic amines) is 1. The zero-order chi connectivity index (χ0) is 31.1. The van der Waals surface area contributed by atoms with Crippen LogP contribution >= 0.6 is 0 Å². The van der Waals surface area contributed by atoms with Crippen LogP contribution in [0.25, 0.3) is 11.4 Å². The number of amides is 3. The van der Waals surface area contributed by atoms with Crippen LogP contribution in [0.5, 0.6) is 0 Å². The molecule has 1 aliphatic heterocycles. The Morgan fingerprint density at radius 2 is 1.81 bits per heavy atom. The number of aromatic amines is 1. The molecule has 1 fully saturated rings. The lowest BCUT2D eigenvalue weighted by Crippen LogP contribution is -2.55. The number of rotatable bonds is 12. The van der Waals surface area contributed by atoms with Crippen molar-refractivity contribution in [3.05, 3.63) is 76.3 Å². The van der Waals surface area contributed by atoms with E-state index in [0.29, 0.717) is 12.0 Å². The summed E-state index contributed by atoms with van der Waals surface area (Å²) in [6, 6.07) is 13.6. The lowest BCUT2D eigenvalue weighted by Gasteiger charge is -2.28. The molecule has 4 rings (SSSR count). The predicted molar refractivity (Wildman–Crippen MR) is 152 cm³/mol. The fraction of sp³-hybridized carbons (Fsp3) is 0.433. The maximum atomic E-state index is 13.5. The topological polar surface area (TPSA) is 158 Å². The molecule has 230 valence electrons. The van der Waals surface area contributed by atoms with Crippen LogP contribution in [-0.2, 0) is 20.8 Å². The Hall–Kier alpha value is -4.39. The monoisotopic (exact) mass is 599 g/mol. The number of aliphatic hydroxyl groups is 1. The van der Waals surface area contributed by atoms with Crippen LogP contribution in [0.3, 0.4) is 0 Å². The van der Waals surface area contributed by atoms with Gasteiger partial charge in [0.25, 0.3) is 5.91 Å². The Morgan fingerprint density at radius 1 is 1.12 bits per heavy atom. The summed E-state index contributed by atoms with van der Waals surface area (Å²) < 4.78 is 31.4. The number of hydrogen-bond acceptors (Lipinski definition) is 7. The minimum atomic E-state index is -2.87. The SMILES string of the molecule is CC(C)[C@H](O)C(=O)N1C[C@H](c2ccccc2)CC1C(=O)N[C@@H](CC(F)F)C(=O)NCCc1ccc(-c2noc(=O)[nH]2)cc1. The first-order valence-corrected chi connectivity index (χ1v) is 14.1.